The molecule has 6 nitrogen and oxygen atoms in total. The fourth-order valence-electron chi connectivity index (χ4n) is 2.78. The number of urea groups is 1. The van der Waals surface area contributed by atoms with Crippen molar-refractivity contribution in [3.05, 3.63) is 23.8 Å². The van der Waals surface area contributed by atoms with Crippen LogP contribution in [-0.2, 0) is 6.54 Å². The highest BCUT2D eigenvalue weighted by Gasteiger charge is 2.35. The number of hydrogen-bond acceptors (Lipinski definition) is 4. The number of alkyl halides is 3. The van der Waals surface area contributed by atoms with Crippen LogP contribution in [-0.4, -0.2) is 66.4 Å². The standard InChI is InChI=1S/C16H22F3N3O3/c1-11-9-21(5-6-22(11)10-16(17,18)19)15(24)20-8-12-3-4-14(25-2)13(23)7-12/h3-4,7,11,23H,5-6,8-10H2,1-2H3,(H,20,24). The topological polar surface area (TPSA) is 65.0 Å². The Hall–Kier alpha value is -2.16. The van der Waals surface area contributed by atoms with Gasteiger partial charge < -0.3 is 20.1 Å². The Morgan fingerprint density at radius 1 is 1.40 bits per heavy atom. The van der Waals surface area contributed by atoms with Crippen molar-refractivity contribution >= 4 is 6.03 Å². The molecule has 0 bridgehead atoms. The molecule has 0 aromatic heterocycles. The molecular weight excluding hydrogens is 339 g/mol. The molecule has 1 aliphatic rings. The summed E-state index contributed by atoms with van der Waals surface area (Å²) in [6.07, 6.45) is -4.24. The largest absolute Gasteiger partial charge is 0.504 e. The van der Waals surface area contributed by atoms with Crippen molar-refractivity contribution in [3.8, 4) is 11.5 Å². The lowest BCUT2D eigenvalue weighted by Gasteiger charge is -2.39. The molecule has 1 unspecified atom stereocenters. The Labute approximate surface area is 144 Å². The van der Waals surface area contributed by atoms with Gasteiger partial charge in [0.15, 0.2) is 11.5 Å². The number of phenolic OH excluding ortho intramolecular Hbond substituents is 1. The van der Waals surface area contributed by atoms with E-state index >= 15 is 0 Å². The van der Waals surface area contributed by atoms with Crippen molar-refractivity contribution in [1.29, 1.82) is 0 Å². The number of phenols is 1. The molecule has 0 aliphatic carbocycles. The van der Waals surface area contributed by atoms with Gasteiger partial charge in [-0.25, -0.2) is 4.79 Å². The number of piperazine rings is 1. The molecular formula is C16H22F3N3O3. The van der Waals surface area contributed by atoms with E-state index < -0.39 is 12.7 Å². The maximum Gasteiger partial charge on any atom is 0.401 e. The summed E-state index contributed by atoms with van der Waals surface area (Å²) >= 11 is 0. The van der Waals surface area contributed by atoms with Gasteiger partial charge in [-0.05, 0) is 24.6 Å². The minimum absolute atomic E-state index is 0.0244. The second-order valence-electron chi connectivity index (χ2n) is 6.05. The second-order valence-corrected chi connectivity index (χ2v) is 6.05. The van der Waals surface area contributed by atoms with Crippen LogP contribution in [0.5, 0.6) is 11.5 Å². The summed E-state index contributed by atoms with van der Waals surface area (Å²) in [5, 5.41) is 12.4. The monoisotopic (exact) mass is 361 g/mol. The number of benzene rings is 1. The van der Waals surface area contributed by atoms with Crippen molar-refractivity contribution in [3.63, 3.8) is 0 Å². The third-order valence-electron chi connectivity index (χ3n) is 4.12. The normalized spacial score (nSPS) is 18.9. The zero-order chi connectivity index (χ0) is 18.6. The molecule has 2 rings (SSSR count). The van der Waals surface area contributed by atoms with Gasteiger partial charge in [-0.1, -0.05) is 6.07 Å². The van der Waals surface area contributed by atoms with E-state index in [0.717, 1.165) is 0 Å². The smallest absolute Gasteiger partial charge is 0.401 e. The van der Waals surface area contributed by atoms with Crippen LogP contribution in [0, 0.1) is 0 Å². The summed E-state index contributed by atoms with van der Waals surface area (Å²) < 4.78 is 42.4. The van der Waals surface area contributed by atoms with Crippen LogP contribution in [0.15, 0.2) is 18.2 Å². The van der Waals surface area contributed by atoms with Gasteiger partial charge in [0.25, 0.3) is 0 Å². The number of rotatable bonds is 4. The molecule has 0 saturated carbocycles. The first-order chi connectivity index (χ1) is 11.7. The van der Waals surface area contributed by atoms with E-state index in [1.54, 1.807) is 19.1 Å². The molecule has 9 heteroatoms. The van der Waals surface area contributed by atoms with Gasteiger partial charge in [0.2, 0.25) is 0 Å². The predicted octanol–water partition coefficient (Wildman–Crippen LogP) is 2.18. The SMILES string of the molecule is COc1ccc(CNC(=O)N2CCN(CC(F)(F)F)C(C)C2)cc1O. The summed E-state index contributed by atoms with van der Waals surface area (Å²) in [6, 6.07) is 4.08. The van der Waals surface area contributed by atoms with Crippen molar-refractivity contribution in [2.45, 2.75) is 25.7 Å². The highest BCUT2D eigenvalue weighted by Crippen LogP contribution is 2.26. The van der Waals surface area contributed by atoms with Gasteiger partial charge in [-0.2, -0.15) is 13.2 Å². The maximum absolute atomic E-state index is 12.5. The van der Waals surface area contributed by atoms with Crippen molar-refractivity contribution in [2.75, 3.05) is 33.3 Å². The number of methoxy groups -OCH3 is 1. The minimum atomic E-state index is -4.24. The van der Waals surface area contributed by atoms with Crippen LogP contribution in [0.3, 0.4) is 0 Å². The molecule has 0 spiro atoms. The summed E-state index contributed by atoms with van der Waals surface area (Å²) in [5.41, 5.74) is 0.690. The molecule has 1 fully saturated rings. The molecule has 0 radical (unpaired) electrons. The van der Waals surface area contributed by atoms with E-state index in [9.17, 15) is 23.1 Å². The number of hydrogen-bond donors (Lipinski definition) is 2. The summed E-state index contributed by atoms with van der Waals surface area (Å²) in [7, 11) is 1.44. The van der Waals surface area contributed by atoms with Crippen LogP contribution in [0.25, 0.3) is 0 Å². The van der Waals surface area contributed by atoms with E-state index in [-0.39, 0.29) is 44.0 Å². The first-order valence-electron chi connectivity index (χ1n) is 7.89. The molecule has 1 heterocycles. The second kappa shape index (κ2) is 7.81. The van der Waals surface area contributed by atoms with E-state index in [2.05, 4.69) is 5.32 Å². The number of nitrogens with zero attached hydrogens (tertiary/aromatic N) is 2. The van der Waals surface area contributed by atoms with Crippen molar-refractivity contribution in [2.24, 2.45) is 0 Å². The average molecular weight is 361 g/mol. The summed E-state index contributed by atoms with van der Waals surface area (Å²) in [4.78, 5) is 15.0. The van der Waals surface area contributed by atoms with Gasteiger partial charge in [0.05, 0.1) is 13.7 Å². The van der Waals surface area contributed by atoms with E-state index in [4.69, 9.17) is 4.74 Å². The van der Waals surface area contributed by atoms with Crippen LogP contribution in [0.4, 0.5) is 18.0 Å². The van der Waals surface area contributed by atoms with E-state index in [1.165, 1.54) is 23.0 Å². The molecule has 25 heavy (non-hydrogen) atoms. The van der Waals surface area contributed by atoms with Crippen LogP contribution >= 0.6 is 0 Å². The van der Waals surface area contributed by atoms with Crippen LogP contribution in [0.2, 0.25) is 0 Å². The summed E-state index contributed by atoms with van der Waals surface area (Å²) in [6.45, 7) is 1.56. The van der Waals surface area contributed by atoms with Gasteiger partial charge in [0, 0.05) is 32.2 Å². The highest BCUT2D eigenvalue weighted by atomic mass is 19.4. The third kappa shape index (κ3) is 5.42. The first-order valence-corrected chi connectivity index (χ1v) is 7.89. The zero-order valence-electron chi connectivity index (χ0n) is 14.1. The van der Waals surface area contributed by atoms with Gasteiger partial charge in [-0.15, -0.1) is 0 Å². The number of aromatic hydroxyl groups is 1. The predicted molar refractivity (Wildman–Crippen MR) is 85.6 cm³/mol. The number of carbonyl (C=O) groups excluding carboxylic acids is 1. The molecule has 1 aromatic carbocycles. The van der Waals surface area contributed by atoms with Gasteiger partial charge >= 0.3 is 12.2 Å². The van der Waals surface area contributed by atoms with Crippen molar-refractivity contribution < 1.29 is 27.8 Å². The molecule has 2 N–H and O–H groups in total. The number of halogens is 3. The Morgan fingerprint density at radius 3 is 2.68 bits per heavy atom. The third-order valence-corrected chi connectivity index (χ3v) is 4.12. The fourth-order valence-corrected chi connectivity index (χ4v) is 2.78. The number of ether oxygens (including phenoxy) is 1. The lowest BCUT2D eigenvalue weighted by Crippen LogP contribution is -2.57. The Bertz CT molecular complexity index is 610. The summed E-state index contributed by atoms with van der Waals surface area (Å²) in [5.74, 6) is 0.313. The lowest BCUT2D eigenvalue weighted by molar-refractivity contribution is -0.153. The number of nitrogens with one attached hydrogen (secondary N) is 1. The molecule has 1 aromatic rings. The lowest BCUT2D eigenvalue weighted by atomic mass is 10.2. The molecule has 140 valence electrons. The Kier molecular flexibility index (Phi) is 5.99. The van der Waals surface area contributed by atoms with Crippen LogP contribution < -0.4 is 10.1 Å². The van der Waals surface area contributed by atoms with E-state index in [1.807, 2.05) is 0 Å². The Balaban J connectivity index is 1.85. The highest BCUT2D eigenvalue weighted by molar-refractivity contribution is 5.74. The van der Waals surface area contributed by atoms with Crippen molar-refractivity contribution in [1.82, 2.24) is 15.1 Å². The Morgan fingerprint density at radius 2 is 2.12 bits per heavy atom. The van der Waals surface area contributed by atoms with E-state index in [0.29, 0.717) is 11.3 Å². The number of carbonyl (C=O) groups is 1. The minimum Gasteiger partial charge on any atom is -0.504 e. The van der Waals surface area contributed by atoms with Gasteiger partial charge in [0.1, 0.15) is 0 Å². The number of amides is 2. The molecule has 2 amide bonds. The molecule has 1 saturated heterocycles. The quantitative estimate of drug-likeness (QED) is 0.863. The first kappa shape index (κ1) is 19.2. The molecule has 1 atom stereocenters. The fraction of sp³-hybridized carbons (Fsp3) is 0.562. The van der Waals surface area contributed by atoms with Gasteiger partial charge in [-0.3, -0.25) is 4.90 Å². The molecule has 1 aliphatic heterocycles. The average Bonchev–Trinajstić information content (AvgIpc) is 2.53. The van der Waals surface area contributed by atoms with Crippen LogP contribution in [0.1, 0.15) is 12.5 Å². The maximum atomic E-state index is 12.5. The zero-order valence-corrected chi connectivity index (χ0v) is 14.1.